The van der Waals surface area contributed by atoms with Crippen LogP contribution in [-0.4, -0.2) is 36.0 Å². The van der Waals surface area contributed by atoms with E-state index in [4.69, 9.17) is 9.47 Å². The molecular formula is C31H28O6. The van der Waals surface area contributed by atoms with Crippen LogP contribution in [0.25, 0.3) is 22.3 Å². The Morgan fingerprint density at radius 3 is 1.32 bits per heavy atom. The third-order valence-corrected chi connectivity index (χ3v) is 6.15. The van der Waals surface area contributed by atoms with E-state index in [1.54, 1.807) is 62.8 Å². The van der Waals surface area contributed by atoms with Gasteiger partial charge >= 0.3 is 0 Å². The van der Waals surface area contributed by atoms with Crippen LogP contribution in [0.2, 0.25) is 0 Å². The molecule has 0 aromatic heterocycles. The number of ether oxygens (including phenoxy) is 2. The van der Waals surface area contributed by atoms with Crippen molar-refractivity contribution in [3.63, 3.8) is 0 Å². The Bertz CT molecular complexity index is 1300. The molecule has 0 bridgehead atoms. The molecule has 0 aliphatic carbocycles. The lowest BCUT2D eigenvalue weighted by molar-refractivity contribution is -0.126. The molecule has 0 atom stereocenters. The van der Waals surface area contributed by atoms with Gasteiger partial charge < -0.3 is 19.7 Å². The van der Waals surface area contributed by atoms with Crippen molar-refractivity contribution in [3.05, 3.63) is 96.1 Å². The van der Waals surface area contributed by atoms with Gasteiger partial charge in [0.15, 0.2) is 0 Å². The number of methoxy groups -OCH3 is 2. The number of benzene rings is 4. The number of carbonyl (C=O) groups excluding carboxylic acids is 2. The molecule has 0 fully saturated rings. The first-order valence-electron chi connectivity index (χ1n) is 11.8. The van der Waals surface area contributed by atoms with Crippen LogP contribution < -0.4 is 9.47 Å². The third kappa shape index (κ3) is 5.98. The monoisotopic (exact) mass is 496 g/mol. The second-order valence-corrected chi connectivity index (χ2v) is 8.69. The van der Waals surface area contributed by atoms with Crippen molar-refractivity contribution < 1.29 is 29.3 Å². The van der Waals surface area contributed by atoms with Crippen molar-refractivity contribution >= 4 is 11.6 Å². The predicted molar refractivity (Wildman–Crippen MR) is 142 cm³/mol. The summed E-state index contributed by atoms with van der Waals surface area (Å²) in [5.41, 5.74) is 4.61. The predicted octanol–water partition coefficient (Wildman–Crippen LogP) is 5.76. The second-order valence-electron chi connectivity index (χ2n) is 8.69. The van der Waals surface area contributed by atoms with Crippen molar-refractivity contribution in [1.82, 2.24) is 0 Å². The van der Waals surface area contributed by atoms with Gasteiger partial charge in [-0.25, -0.2) is 0 Å². The first kappa shape index (κ1) is 25.5. The zero-order valence-corrected chi connectivity index (χ0v) is 20.7. The van der Waals surface area contributed by atoms with E-state index in [9.17, 15) is 19.8 Å². The van der Waals surface area contributed by atoms with Crippen molar-refractivity contribution in [1.29, 1.82) is 0 Å². The van der Waals surface area contributed by atoms with E-state index in [-0.39, 0.29) is 42.3 Å². The Morgan fingerprint density at radius 1 is 0.595 bits per heavy atom. The highest BCUT2D eigenvalue weighted by Crippen LogP contribution is 2.36. The number of hydrogen-bond acceptors (Lipinski definition) is 6. The number of rotatable bonds is 10. The number of aromatic hydroxyl groups is 2. The molecule has 4 aromatic carbocycles. The van der Waals surface area contributed by atoms with Gasteiger partial charge in [-0.3, -0.25) is 9.59 Å². The topological polar surface area (TPSA) is 93.1 Å². The first-order chi connectivity index (χ1) is 17.9. The van der Waals surface area contributed by atoms with Gasteiger partial charge in [0.1, 0.15) is 34.6 Å². The van der Waals surface area contributed by atoms with Crippen LogP contribution in [0, 0.1) is 0 Å². The number of phenols is 2. The fourth-order valence-corrected chi connectivity index (χ4v) is 4.47. The van der Waals surface area contributed by atoms with Crippen LogP contribution in [0.1, 0.15) is 17.5 Å². The molecule has 4 rings (SSSR count). The van der Waals surface area contributed by atoms with E-state index in [1.165, 1.54) is 0 Å². The molecule has 2 N–H and O–H groups in total. The summed E-state index contributed by atoms with van der Waals surface area (Å²) in [6.45, 7) is 0. The summed E-state index contributed by atoms with van der Waals surface area (Å²) < 4.78 is 11.1. The summed E-state index contributed by atoms with van der Waals surface area (Å²) >= 11 is 0. The molecule has 0 heterocycles. The summed E-state index contributed by atoms with van der Waals surface area (Å²) in [5, 5.41) is 19.3. The van der Waals surface area contributed by atoms with Gasteiger partial charge in [0.05, 0.1) is 20.6 Å². The Labute approximate surface area is 215 Å². The van der Waals surface area contributed by atoms with E-state index in [0.29, 0.717) is 11.5 Å². The van der Waals surface area contributed by atoms with E-state index in [2.05, 4.69) is 0 Å². The highest BCUT2D eigenvalue weighted by atomic mass is 16.5. The van der Waals surface area contributed by atoms with E-state index in [0.717, 1.165) is 33.4 Å². The lowest BCUT2D eigenvalue weighted by Crippen LogP contribution is -2.13. The van der Waals surface area contributed by atoms with Gasteiger partial charge in [-0.05, 0) is 58.7 Å². The highest BCUT2D eigenvalue weighted by Gasteiger charge is 2.19. The minimum Gasteiger partial charge on any atom is -0.508 e. The van der Waals surface area contributed by atoms with Gasteiger partial charge in [0.2, 0.25) is 0 Å². The molecule has 0 saturated carbocycles. The quantitative estimate of drug-likeness (QED) is 0.271. The summed E-state index contributed by atoms with van der Waals surface area (Å²) in [4.78, 5) is 26.0. The van der Waals surface area contributed by atoms with Crippen LogP contribution in [0.15, 0.2) is 84.9 Å². The first-order valence-corrected chi connectivity index (χ1v) is 11.8. The average molecular weight is 497 g/mol. The van der Waals surface area contributed by atoms with E-state index in [1.807, 2.05) is 36.4 Å². The second kappa shape index (κ2) is 11.4. The van der Waals surface area contributed by atoms with Crippen LogP contribution in [0.5, 0.6) is 23.0 Å². The molecule has 0 aliphatic rings. The molecule has 0 spiro atoms. The Balaban J connectivity index is 1.54. The average Bonchev–Trinajstić information content (AvgIpc) is 2.89. The summed E-state index contributed by atoms with van der Waals surface area (Å²) in [5.74, 6) is 1.10. The summed E-state index contributed by atoms with van der Waals surface area (Å²) in [7, 11) is 3.13. The Kier molecular flexibility index (Phi) is 7.89. The summed E-state index contributed by atoms with van der Waals surface area (Å²) in [6.07, 6.45) is -0.0669. The number of ketones is 2. The van der Waals surface area contributed by atoms with Crippen LogP contribution in [0.3, 0.4) is 0 Å². The Morgan fingerprint density at radius 2 is 0.973 bits per heavy atom. The standard InChI is InChI=1S/C31H28O6/c1-36-28-7-3-5-22(30(28)20-9-13-24(32)14-10-20)17-26(34)19-27(35)18-23-6-4-8-29(37-2)31(23)21-11-15-25(33)16-12-21/h3-16,32-33H,17-19H2,1-2H3. The fourth-order valence-electron chi connectivity index (χ4n) is 4.47. The molecule has 0 unspecified atom stereocenters. The number of hydrogen-bond donors (Lipinski definition) is 2. The maximum Gasteiger partial charge on any atom is 0.144 e. The summed E-state index contributed by atoms with van der Waals surface area (Å²) in [6, 6.07) is 24.3. The van der Waals surface area contributed by atoms with Crippen molar-refractivity contribution in [2.24, 2.45) is 0 Å². The van der Waals surface area contributed by atoms with Crippen LogP contribution in [0.4, 0.5) is 0 Å². The van der Waals surface area contributed by atoms with Gasteiger partial charge in [-0.1, -0.05) is 48.5 Å². The minimum absolute atomic E-state index is 0.0715. The number of carbonyl (C=O) groups is 2. The molecule has 6 heteroatoms. The molecule has 4 aromatic rings. The van der Waals surface area contributed by atoms with Crippen LogP contribution in [-0.2, 0) is 22.4 Å². The van der Waals surface area contributed by atoms with Gasteiger partial charge in [0, 0.05) is 24.0 Å². The lowest BCUT2D eigenvalue weighted by atomic mass is 9.92. The smallest absolute Gasteiger partial charge is 0.144 e. The minimum atomic E-state index is -0.210. The van der Waals surface area contributed by atoms with Crippen molar-refractivity contribution in [2.45, 2.75) is 19.3 Å². The lowest BCUT2D eigenvalue weighted by Gasteiger charge is -2.15. The maximum atomic E-state index is 13.0. The normalized spacial score (nSPS) is 10.6. The highest BCUT2D eigenvalue weighted by molar-refractivity contribution is 6.02. The maximum absolute atomic E-state index is 13.0. The van der Waals surface area contributed by atoms with Gasteiger partial charge in [-0.2, -0.15) is 0 Å². The van der Waals surface area contributed by atoms with Crippen molar-refractivity contribution in [2.75, 3.05) is 14.2 Å². The largest absolute Gasteiger partial charge is 0.508 e. The molecule has 0 radical (unpaired) electrons. The van der Waals surface area contributed by atoms with Gasteiger partial charge in [0.25, 0.3) is 0 Å². The van der Waals surface area contributed by atoms with Gasteiger partial charge in [-0.15, -0.1) is 0 Å². The molecular weight excluding hydrogens is 468 g/mol. The molecule has 0 aliphatic heterocycles. The van der Waals surface area contributed by atoms with Crippen LogP contribution >= 0.6 is 0 Å². The molecule has 0 saturated heterocycles. The Hall–Kier alpha value is -4.58. The zero-order valence-electron chi connectivity index (χ0n) is 20.7. The molecule has 0 amide bonds. The molecule has 6 nitrogen and oxygen atoms in total. The van der Waals surface area contributed by atoms with E-state index < -0.39 is 0 Å². The molecule has 37 heavy (non-hydrogen) atoms. The molecule has 188 valence electrons. The SMILES string of the molecule is COc1cccc(CC(=O)CC(=O)Cc2cccc(OC)c2-c2ccc(O)cc2)c1-c1ccc(O)cc1. The van der Waals surface area contributed by atoms with E-state index >= 15 is 0 Å². The zero-order chi connectivity index (χ0) is 26.4. The number of phenolic OH excluding ortho intramolecular Hbond substituents is 2. The number of Topliss-reactive ketones (excluding diaryl/α,β-unsaturated/α-hetero) is 2. The van der Waals surface area contributed by atoms with Crippen molar-refractivity contribution in [3.8, 4) is 45.3 Å². The third-order valence-electron chi connectivity index (χ3n) is 6.15. The fraction of sp³-hybridized carbons (Fsp3) is 0.161.